The van der Waals surface area contributed by atoms with Crippen molar-refractivity contribution in [2.75, 3.05) is 11.4 Å². The first-order chi connectivity index (χ1) is 9.99. The Hall–Kier alpha value is -2.21. The van der Waals surface area contributed by atoms with Gasteiger partial charge in [0.15, 0.2) is 0 Å². The molecule has 21 heavy (non-hydrogen) atoms. The third kappa shape index (κ3) is 2.21. The lowest BCUT2D eigenvalue weighted by atomic mass is 10.2. The molecule has 2 aliphatic rings. The quantitative estimate of drug-likeness (QED) is 0.747. The van der Waals surface area contributed by atoms with Crippen LogP contribution in [0.25, 0.3) is 0 Å². The summed E-state index contributed by atoms with van der Waals surface area (Å²) in [7, 11) is 0. The molecule has 0 aromatic heterocycles. The Morgan fingerprint density at radius 3 is 2.86 bits per heavy atom. The molecule has 7 heteroatoms. The average Bonchev–Trinajstić information content (AvgIpc) is 2.44. The highest BCUT2D eigenvalue weighted by Crippen LogP contribution is 2.31. The Labute approximate surface area is 124 Å². The number of benzene rings is 1. The van der Waals surface area contributed by atoms with Gasteiger partial charge in [-0.2, -0.15) is 4.39 Å². The normalized spacial score (nSPS) is 17.6. The van der Waals surface area contributed by atoms with Crippen LogP contribution in [0.4, 0.5) is 14.5 Å². The topological polar surface area (TPSA) is 35.9 Å². The summed E-state index contributed by atoms with van der Waals surface area (Å²) in [5.74, 6) is -2.09. The Kier molecular flexibility index (Phi) is 3.25. The fourth-order valence-corrected chi connectivity index (χ4v) is 2.30. The zero-order valence-corrected chi connectivity index (χ0v) is 11.7. The molecule has 0 saturated carbocycles. The summed E-state index contributed by atoms with van der Waals surface area (Å²) < 4.78 is 28.0. The summed E-state index contributed by atoms with van der Waals surface area (Å²) in [6.07, 6.45) is 3.88. The molecule has 1 aromatic rings. The van der Waals surface area contributed by atoms with E-state index in [4.69, 9.17) is 11.6 Å². The molecule has 108 valence electrons. The van der Waals surface area contributed by atoms with E-state index in [1.165, 1.54) is 12.3 Å². The highest BCUT2D eigenvalue weighted by molar-refractivity contribution is 6.31. The van der Waals surface area contributed by atoms with Gasteiger partial charge in [-0.15, -0.1) is 0 Å². The van der Waals surface area contributed by atoms with E-state index in [-0.39, 0.29) is 23.2 Å². The minimum atomic E-state index is -0.753. The van der Waals surface area contributed by atoms with Crippen LogP contribution in [0.15, 0.2) is 41.4 Å². The number of hydrogen-bond donors (Lipinski definition) is 0. The van der Waals surface area contributed by atoms with Crippen LogP contribution in [0.2, 0.25) is 5.02 Å². The van der Waals surface area contributed by atoms with Crippen LogP contribution in [0.5, 0.6) is 0 Å². The molecule has 0 radical (unpaired) electrons. The molecule has 0 aliphatic carbocycles. The molecule has 0 saturated heterocycles. The fraction of sp³-hybridized carbons (Fsp3) is 0.143. The number of rotatable bonds is 1. The Balaban J connectivity index is 2.16. The van der Waals surface area contributed by atoms with Crippen LogP contribution >= 0.6 is 11.6 Å². The van der Waals surface area contributed by atoms with Gasteiger partial charge in [0.25, 0.3) is 5.91 Å². The van der Waals surface area contributed by atoms with Gasteiger partial charge in [0, 0.05) is 11.2 Å². The SMILES string of the molecule is Cc1cc(N2C(=O)C=C(F)N3C=CCN=C32)c(F)cc1Cl. The van der Waals surface area contributed by atoms with Crippen LogP contribution in [-0.4, -0.2) is 23.3 Å². The Morgan fingerprint density at radius 1 is 1.33 bits per heavy atom. The molecular formula is C14H10ClF2N3O. The number of anilines is 1. The lowest BCUT2D eigenvalue weighted by molar-refractivity contribution is -0.113. The number of amides is 1. The lowest BCUT2D eigenvalue weighted by Crippen LogP contribution is -2.49. The molecule has 0 bridgehead atoms. The number of halogens is 3. The van der Waals surface area contributed by atoms with Gasteiger partial charge in [-0.3, -0.25) is 9.69 Å². The number of hydrogen-bond acceptors (Lipinski definition) is 3. The van der Waals surface area contributed by atoms with Crippen LogP contribution in [0.1, 0.15) is 5.56 Å². The van der Waals surface area contributed by atoms with E-state index in [0.29, 0.717) is 5.56 Å². The van der Waals surface area contributed by atoms with Gasteiger partial charge in [-0.05, 0) is 30.7 Å². The van der Waals surface area contributed by atoms with E-state index in [2.05, 4.69) is 4.99 Å². The fourth-order valence-electron chi connectivity index (χ4n) is 2.15. The van der Waals surface area contributed by atoms with Crippen molar-refractivity contribution < 1.29 is 13.6 Å². The predicted molar refractivity (Wildman–Crippen MR) is 76.1 cm³/mol. The van der Waals surface area contributed by atoms with Crippen LogP contribution in [-0.2, 0) is 4.79 Å². The zero-order chi connectivity index (χ0) is 15.1. The van der Waals surface area contributed by atoms with Crippen molar-refractivity contribution in [3.05, 3.63) is 52.8 Å². The number of aliphatic imine (C=N–C) groups is 1. The van der Waals surface area contributed by atoms with Gasteiger partial charge in [0.05, 0.1) is 18.3 Å². The van der Waals surface area contributed by atoms with Crippen molar-refractivity contribution in [1.82, 2.24) is 4.90 Å². The van der Waals surface area contributed by atoms with Crippen molar-refractivity contribution in [1.29, 1.82) is 0 Å². The lowest BCUT2D eigenvalue weighted by Gasteiger charge is -2.34. The molecule has 1 aromatic carbocycles. The van der Waals surface area contributed by atoms with Gasteiger partial charge in [-0.1, -0.05) is 11.6 Å². The minimum absolute atomic E-state index is 0.00954. The number of guanidine groups is 1. The zero-order valence-electron chi connectivity index (χ0n) is 11.0. The van der Waals surface area contributed by atoms with E-state index in [1.54, 1.807) is 13.0 Å². The Morgan fingerprint density at radius 2 is 2.10 bits per heavy atom. The van der Waals surface area contributed by atoms with Crippen LogP contribution in [0, 0.1) is 12.7 Å². The molecule has 0 atom stereocenters. The third-order valence-electron chi connectivity index (χ3n) is 3.17. The van der Waals surface area contributed by atoms with E-state index in [0.717, 1.165) is 21.9 Å². The number of carbonyl (C=O) groups is 1. The maximum Gasteiger partial charge on any atom is 0.262 e. The minimum Gasteiger partial charge on any atom is -0.269 e. The molecule has 1 amide bonds. The van der Waals surface area contributed by atoms with Gasteiger partial charge < -0.3 is 0 Å². The summed E-state index contributed by atoms with van der Waals surface area (Å²) in [6.45, 7) is 1.98. The number of fused-ring (bicyclic) bond motifs is 1. The summed E-state index contributed by atoms with van der Waals surface area (Å²) in [5, 5.41) is 0.254. The van der Waals surface area contributed by atoms with Crippen molar-refractivity contribution in [2.45, 2.75) is 6.92 Å². The molecule has 0 N–H and O–H groups in total. The molecule has 0 unspecified atom stereocenters. The average molecular weight is 310 g/mol. The predicted octanol–water partition coefficient (Wildman–Crippen LogP) is 3.13. The molecule has 2 aliphatic heterocycles. The summed E-state index contributed by atoms with van der Waals surface area (Å²) >= 11 is 5.85. The maximum atomic E-state index is 14.2. The van der Waals surface area contributed by atoms with Gasteiger partial charge in [-0.25, -0.2) is 14.3 Å². The second-order valence-electron chi connectivity index (χ2n) is 4.59. The molecule has 0 fully saturated rings. The van der Waals surface area contributed by atoms with E-state index in [9.17, 15) is 13.6 Å². The van der Waals surface area contributed by atoms with Crippen LogP contribution < -0.4 is 4.90 Å². The molecule has 2 heterocycles. The largest absolute Gasteiger partial charge is 0.269 e. The molecule has 3 rings (SSSR count). The molecule has 0 spiro atoms. The highest BCUT2D eigenvalue weighted by Gasteiger charge is 2.34. The van der Waals surface area contributed by atoms with E-state index >= 15 is 0 Å². The first-order valence-electron chi connectivity index (χ1n) is 6.16. The summed E-state index contributed by atoms with van der Waals surface area (Å²) in [5.41, 5.74) is 0.596. The standard InChI is InChI=1S/C14H10ClF2N3O/c1-8-5-11(10(16)6-9(8)15)20-13(21)7-12(17)19-4-2-3-18-14(19)20/h2,4-7H,3H2,1H3. The van der Waals surface area contributed by atoms with Crippen molar-refractivity contribution in [3.63, 3.8) is 0 Å². The summed E-state index contributed by atoms with van der Waals surface area (Å²) in [6, 6.07) is 2.56. The third-order valence-corrected chi connectivity index (χ3v) is 3.58. The highest BCUT2D eigenvalue weighted by atomic mass is 35.5. The van der Waals surface area contributed by atoms with E-state index in [1.807, 2.05) is 0 Å². The van der Waals surface area contributed by atoms with Crippen molar-refractivity contribution in [2.24, 2.45) is 4.99 Å². The van der Waals surface area contributed by atoms with Gasteiger partial charge >= 0.3 is 0 Å². The molecule has 4 nitrogen and oxygen atoms in total. The Bertz CT molecular complexity index is 727. The van der Waals surface area contributed by atoms with Gasteiger partial charge in [0.1, 0.15) is 5.82 Å². The smallest absolute Gasteiger partial charge is 0.262 e. The molecular weight excluding hydrogens is 300 g/mol. The van der Waals surface area contributed by atoms with Gasteiger partial charge in [0.2, 0.25) is 11.9 Å². The van der Waals surface area contributed by atoms with E-state index < -0.39 is 17.7 Å². The maximum absolute atomic E-state index is 14.2. The van der Waals surface area contributed by atoms with Crippen molar-refractivity contribution >= 4 is 29.2 Å². The monoisotopic (exact) mass is 309 g/mol. The van der Waals surface area contributed by atoms with Crippen LogP contribution in [0.3, 0.4) is 0 Å². The summed E-state index contributed by atoms with van der Waals surface area (Å²) in [4.78, 5) is 18.3. The first-order valence-corrected chi connectivity index (χ1v) is 6.54. The second-order valence-corrected chi connectivity index (χ2v) is 5.00. The first kappa shape index (κ1) is 13.8. The number of aryl methyl sites for hydroxylation is 1. The number of nitrogens with zero attached hydrogens (tertiary/aromatic N) is 3. The van der Waals surface area contributed by atoms with Crippen molar-refractivity contribution in [3.8, 4) is 0 Å². The number of carbonyl (C=O) groups excluding carboxylic acids is 1. The second kappa shape index (κ2) is 4.96.